The second-order valence-electron chi connectivity index (χ2n) is 4.57. The fraction of sp³-hybridized carbons (Fsp3) is 0.538. The summed E-state index contributed by atoms with van der Waals surface area (Å²) in [5.74, 6) is 0.0584. The van der Waals surface area contributed by atoms with Crippen LogP contribution in [0.25, 0.3) is 0 Å². The van der Waals surface area contributed by atoms with E-state index in [9.17, 15) is 4.79 Å². The lowest BCUT2D eigenvalue weighted by molar-refractivity contribution is -0.671. The van der Waals surface area contributed by atoms with Crippen LogP contribution in [0.15, 0.2) is 24.5 Å². The van der Waals surface area contributed by atoms with E-state index in [1.807, 2.05) is 36.1 Å². The number of nitrogens with zero attached hydrogens (tertiary/aromatic N) is 1. The number of nitrogens with one attached hydrogen (secondary N) is 1. The second-order valence-corrected chi connectivity index (χ2v) is 4.57. The second kappa shape index (κ2) is 5.10. The van der Waals surface area contributed by atoms with Crippen molar-refractivity contribution in [1.82, 2.24) is 5.32 Å². The number of aryl methyl sites for hydroxylation is 1. The SMILES string of the molecule is C[n+]1cccc(C(=O)NC2CCCCC2)c1. The van der Waals surface area contributed by atoms with E-state index in [2.05, 4.69) is 5.32 Å². The molecular weight excluding hydrogens is 200 g/mol. The van der Waals surface area contributed by atoms with Gasteiger partial charge < -0.3 is 5.32 Å². The van der Waals surface area contributed by atoms with Crippen LogP contribution in [-0.4, -0.2) is 11.9 Å². The van der Waals surface area contributed by atoms with E-state index < -0.39 is 0 Å². The minimum atomic E-state index is 0.0584. The number of carbonyl (C=O) groups is 1. The fourth-order valence-electron chi connectivity index (χ4n) is 2.24. The van der Waals surface area contributed by atoms with Crippen LogP contribution in [0.2, 0.25) is 0 Å². The van der Waals surface area contributed by atoms with Gasteiger partial charge in [0, 0.05) is 12.1 Å². The molecule has 0 unspecified atom stereocenters. The zero-order valence-corrected chi connectivity index (χ0v) is 9.78. The Kier molecular flexibility index (Phi) is 3.54. The number of aromatic nitrogens is 1. The summed E-state index contributed by atoms with van der Waals surface area (Å²) < 4.78 is 1.90. The summed E-state index contributed by atoms with van der Waals surface area (Å²) in [4.78, 5) is 11.9. The van der Waals surface area contributed by atoms with Gasteiger partial charge in [-0.1, -0.05) is 19.3 Å². The van der Waals surface area contributed by atoms with Crippen molar-refractivity contribution < 1.29 is 9.36 Å². The van der Waals surface area contributed by atoms with Gasteiger partial charge in [0.05, 0.1) is 0 Å². The molecule has 86 valence electrons. The first-order valence-corrected chi connectivity index (χ1v) is 6.02. The van der Waals surface area contributed by atoms with Crippen LogP contribution in [0.5, 0.6) is 0 Å². The highest BCUT2D eigenvalue weighted by atomic mass is 16.1. The van der Waals surface area contributed by atoms with Crippen molar-refractivity contribution in [2.24, 2.45) is 7.05 Å². The van der Waals surface area contributed by atoms with Crippen LogP contribution >= 0.6 is 0 Å². The third kappa shape index (κ3) is 2.81. The van der Waals surface area contributed by atoms with Crippen molar-refractivity contribution in [2.75, 3.05) is 0 Å². The van der Waals surface area contributed by atoms with Gasteiger partial charge in [-0.25, -0.2) is 4.57 Å². The van der Waals surface area contributed by atoms with E-state index in [4.69, 9.17) is 0 Å². The minimum Gasteiger partial charge on any atom is -0.349 e. The number of amides is 1. The molecule has 1 amide bonds. The Morgan fingerprint density at radius 1 is 1.38 bits per heavy atom. The molecule has 0 radical (unpaired) electrons. The summed E-state index contributed by atoms with van der Waals surface area (Å²) in [5, 5.41) is 3.11. The van der Waals surface area contributed by atoms with Gasteiger partial charge in [0.1, 0.15) is 12.6 Å². The summed E-state index contributed by atoms with van der Waals surface area (Å²) in [5.41, 5.74) is 0.746. The van der Waals surface area contributed by atoms with Crippen molar-refractivity contribution in [3.63, 3.8) is 0 Å². The highest BCUT2D eigenvalue weighted by molar-refractivity contribution is 5.93. The van der Waals surface area contributed by atoms with Crippen molar-refractivity contribution in [3.05, 3.63) is 30.1 Å². The lowest BCUT2D eigenvalue weighted by Crippen LogP contribution is -2.37. The zero-order valence-electron chi connectivity index (χ0n) is 9.78. The lowest BCUT2D eigenvalue weighted by Gasteiger charge is -2.22. The molecule has 0 atom stereocenters. The molecule has 0 saturated heterocycles. The maximum Gasteiger partial charge on any atom is 0.257 e. The van der Waals surface area contributed by atoms with Gasteiger partial charge in [0.15, 0.2) is 12.4 Å². The smallest absolute Gasteiger partial charge is 0.257 e. The standard InChI is InChI=1S/C13H18N2O/c1-15-9-5-6-11(10-15)13(16)14-12-7-3-2-4-8-12/h5-6,9-10,12H,2-4,7-8H2,1H3/p+1. The van der Waals surface area contributed by atoms with Crippen molar-refractivity contribution in [2.45, 2.75) is 38.1 Å². The van der Waals surface area contributed by atoms with Gasteiger partial charge in [0.2, 0.25) is 0 Å². The Bertz CT molecular complexity index is 370. The average molecular weight is 219 g/mol. The van der Waals surface area contributed by atoms with Crippen LogP contribution in [-0.2, 0) is 7.05 Å². The van der Waals surface area contributed by atoms with Crippen molar-refractivity contribution in [1.29, 1.82) is 0 Å². The van der Waals surface area contributed by atoms with Crippen LogP contribution in [0.3, 0.4) is 0 Å². The van der Waals surface area contributed by atoms with Crippen LogP contribution < -0.4 is 9.88 Å². The third-order valence-electron chi connectivity index (χ3n) is 3.14. The van der Waals surface area contributed by atoms with Gasteiger partial charge in [0.25, 0.3) is 5.91 Å². The van der Waals surface area contributed by atoms with E-state index in [0.29, 0.717) is 6.04 Å². The Balaban J connectivity index is 1.97. The maximum absolute atomic E-state index is 11.9. The molecule has 0 bridgehead atoms. The Hall–Kier alpha value is -1.38. The fourth-order valence-corrected chi connectivity index (χ4v) is 2.24. The van der Waals surface area contributed by atoms with Crippen molar-refractivity contribution >= 4 is 5.91 Å². The number of hydrogen-bond donors (Lipinski definition) is 1. The highest BCUT2D eigenvalue weighted by Gasteiger charge is 2.17. The van der Waals surface area contributed by atoms with E-state index in [1.165, 1.54) is 19.3 Å². The van der Waals surface area contributed by atoms with Gasteiger partial charge in [-0.2, -0.15) is 0 Å². The molecule has 2 rings (SSSR count). The van der Waals surface area contributed by atoms with Gasteiger partial charge >= 0.3 is 0 Å². The van der Waals surface area contributed by atoms with Crippen LogP contribution in [0.4, 0.5) is 0 Å². The average Bonchev–Trinajstić information content (AvgIpc) is 2.30. The quantitative estimate of drug-likeness (QED) is 0.753. The summed E-state index contributed by atoms with van der Waals surface area (Å²) in [6.07, 6.45) is 9.85. The van der Waals surface area contributed by atoms with Gasteiger partial charge in [-0.15, -0.1) is 0 Å². The summed E-state index contributed by atoms with van der Waals surface area (Å²) in [6, 6.07) is 4.14. The predicted octanol–water partition coefficient (Wildman–Crippen LogP) is 1.57. The molecule has 1 aromatic heterocycles. The molecule has 0 aromatic carbocycles. The molecule has 0 aliphatic heterocycles. The molecular formula is C13H19N2O+. The minimum absolute atomic E-state index is 0.0584. The van der Waals surface area contributed by atoms with Crippen LogP contribution in [0.1, 0.15) is 42.5 Å². The highest BCUT2D eigenvalue weighted by Crippen LogP contribution is 2.17. The first-order valence-electron chi connectivity index (χ1n) is 6.02. The number of hydrogen-bond acceptors (Lipinski definition) is 1. The topological polar surface area (TPSA) is 33.0 Å². The Labute approximate surface area is 96.5 Å². The molecule has 16 heavy (non-hydrogen) atoms. The number of pyridine rings is 1. The molecule has 1 aromatic rings. The maximum atomic E-state index is 11.9. The summed E-state index contributed by atoms with van der Waals surface area (Å²) >= 11 is 0. The lowest BCUT2D eigenvalue weighted by atomic mass is 9.95. The van der Waals surface area contributed by atoms with Gasteiger partial charge in [-0.3, -0.25) is 4.79 Å². The monoisotopic (exact) mass is 219 g/mol. The van der Waals surface area contributed by atoms with Gasteiger partial charge in [-0.05, 0) is 18.9 Å². The van der Waals surface area contributed by atoms with E-state index in [1.54, 1.807) is 0 Å². The first-order chi connectivity index (χ1) is 7.75. The van der Waals surface area contributed by atoms with Crippen molar-refractivity contribution in [3.8, 4) is 0 Å². The molecule has 1 aliphatic rings. The third-order valence-corrected chi connectivity index (χ3v) is 3.14. The summed E-state index contributed by atoms with van der Waals surface area (Å²) in [7, 11) is 1.93. The molecule has 3 nitrogen and oxygen atoms in total. The number of rotatable bonds is 2. The Morgan fingerprint density at radius 3 is 2.81 bits per heavy atom. The molecule has 1 fully saturated rings. The first kappa shape index (κ1) is 11.1. The molecule has 1 N–H and O–H groups in total. The molecule has 1 heterocycles. The molecule has 1 aliphatic carbocycles. The molecule has 3 heteroatoms. The van der Waals surface area contributed by atoms with E-state index in [-0.39, 0.29) is 5.91 Å². The predicted molar refractivity (Wildman–Crippen MR) is 62.0 cm³/mol. The zero-order chi connectivity index (χ0) is 11.4. The molecule has 1 saturated carbocycles. The van der Waals surface area contributed by atoms with E-state index in [0.717, 1.165) is 18.4 Å². The van der Waals surface area contributed by atoms with E-state index >= 15 is 0 Å². The Morgan fingerprint density at radius 2 is 2.12 bits per heavy atom. The van der Waals surface area contributed by atoms with Crippen LogP contribution in [0, 0.1) is 0 Å². The summed E-state index contributed by atoms with van der Waals surface area (Å²) in [6.45, 7) is 0. The normalized spacial score (nSPS) is 17.1. The molecule has 0 spiro atoms. The number of carbonyl (C=O) groups excluding carboxylic acids is 1. The largest absolute Gasteiger partial charge is 0.349 e.